The molecular weight excluding hydrogens is 307 g/mol. The zero-order valence-electron chi connectivity index (χ0n) is 10.6. The SMILES string of the molecule is O=S(=O)(c1ccc(C(F)(F)F)cc1)n1cnc(C2CC2)n1. The van der Waals surface area contributed by atoms with Crippen molar-refractivity contribution in [3.05, 3.63) is 42.0 Å². The Morgan fingerprint density at radius 2 is 1.76 bits per heavy atom. The van der Waals surface area contributed by atoms with Gasteiger partial charge in [-0.2, -0.15) is 21.6 Å². The van der Waals surface area contributed by atoms with Gasteiger partial charge in [0.05, 0.1) is 10.5 Å². The van der Waals surface area contributed by atoms with Crippen molar-refractivity contribution in [2.75, 3.05) is 0 Å². The topological polar surface area (TPSA) is 64.8 Å². The summed E-state index contributed by atoms with van der Waals surface area (Å²) in [6.45, 7) is 0. The maximum atomic E-state index is 12.5. The second-order valence-electron chi connectivity index (χ2n) is 4.78. The van der Waals surface area contributed by atoms with Crippen LogP contribution in [0.15, 0.2) is 35.5 Å². The molecule has 0 aliphatic heterocycles. The van der Waals surface area contributed by atoms with Crippen molar-refractivity contribution in [3.63, 3.8) is 0 Å². The smallest absolute Gasteiger partial charge is 0.218 e. The van der Waals surface area contributed by atoms with Crippen molar-refractivity contribution in [1.29, 1.82) is 0 Å². The molecular formula is C12H10F3N3O2S. The van der Waals surface area contributed by atoms with Crippen LogP contribution in [-0.2, 0) is 16.2 Å². The molecule has 1 aliphatic carbocycles. The van der Waals surface area contributed by atoms with E-state index in [2.05, 4.69) is 10.1 Å². The molecule has 21 heavy (non-hydrogen) atoms. The van der Waals surface area contributed by atoms with Crippen molar-refractivity contribution in [1.82, 2.24) is 14.2 Å². The van der Waals surface area contributed by atoms with E-state index in [1.165, 1.54) is 0 Å². The van der Waals surface area contributed by atoms with E-state index in [4.69, 9.17) is 0 Å². The van der Waals surface area contributed by atoms with Crippen LogP contribution in [0.3, 0.4) is 0 Å². The number of aromatic nitrogens is 3. The van der Waals surface area contributed by atoms with Gasteiger partial charge in [0.25, 0.3) is 10.0 Å². The standard InChI is InChI=1S/C12H10F3N3O2S/c13-12(14,15)9-3-5-10(6-4-9)21(19,20)18-7-16-11(17-18)8-1-2-8/h3-8H,1-2H2. The zero-order chi connectivity index (χ0) is 15.3. The lowest BCUT2D eigenvalue weighted by Crippen LogP contribution is -2.14. The van der Waals surface area contributed by atoms with E-state index < -0.39 is 21.8 Å². The minimum Gasteiger partial charge on any atom is -0.218 e. The summed E-state index contributed by atoms with van der Waals surface area (Å²) >= 11 is 0. The maximum Gasteiger partial charge on any atom is 0.416 e. The average Bonchev–Trinajstić information content (AvgIpc) is 3.15. The number of nitrogens with zero attached hydrogens (tertiary/aromatic N) is 3. The third-order valence-electron chi connectivity index (χ3n) is 3.16. The first-order valence-corrected chi connectivity index (χ1v) is 7.57. The third-order valence-corrected chi connectivity index (χ3v) is 4.69. The molecule has 1 fully saturated rings. The Kier molecular flexibility index (Phi) is 3.05. The molecule has 1 aromatic heterocycles. The number of hydrogen-bond acceptors (Lipinski definition) is 4. The van der Waals surface area contributed by atoms with Crippen LogP contribution in [0, 0.1) is 0 Å². The minimum absolute atomic E-state index is 0.189. The van der Waals surface area contributed by atoms with Gasteiger partial charge < -0.3 is 0 Å². The molecule has 9 heteroatoms. The summed E-state index contributed by atoms with van der Waals surface area (Å²) < 4.78 is 62.5. The van der Waals surface area contributed by atoms with E-state index in [1.54, 1.807) is 0 Å². The van der Waals surface area contributed by atoms with Gasteiger partial charge in [-0.05, 0) is 37.1 Å². The van der Waals surface area contributed by atoms with Crippen LogP contribution < -0.4 is 0 Å². The van der Waals surface area contributed by atoms with Gasteiger partial charge in [0.2, 0.25) is 0 Å². The van der Waals surface area contributed by atoms with Gasteiger partial charge in [-0.3, -0.25) is 0 Å². The fourth-order valence-electron chi connectivity index (χ4n) is 1.83. The Hall–Kier alpha value is -1.90. The molecule has 0 radical (unpaired) electrons. The molecule has 0 bridgehead atoms. The third kappa shape index (κ3) is 2.65. The molecule has 5 nitrogen and oxygen atoms in total. The summed E-state index contributed by atoms with van der Waals surface area (Å²) in [6.07, 6.45) is -1.59. The van der Waals surface area contributed by atoms with E-state index in [0.29, 0.717) is 9.91 Å². The lowest BCUT2D eigenvalue weighted by Gasteiger charge is -2.08. The molecule has 0 saturated heterocycles. The largest absolute Gasteiger partial charge is 0.416 e. The van der Waals surface area contributed by atoms with Crippen LogP contribution >= 0.6 is 0 Å². The highest BCUT2D eigenvalue weighted by molar-refractivity contribution is 7.89. The second kappa shape index (κ2) is 4.55. The van der Waals surface area contributed by atoms with Crippen LogP contribution in [0.2, 0.25) is 0 Å². The number of alkyl halides is 3. The Balaban J connectivity index is 1.93. The highest BCUT2D eigenvalue weighted by atomic mass is 32.2. The lowest BCUT2D eigenvalue weighted by molar-refractivity contribution is -0.137. The monoisotopic (exact) mass is 317 g/mol. The number of rotatable bonds is 3. The first kappa shape index (κ1) is 14.1. The van der Waals surface area contributed by atoms with Crippen LogP contribution in [0.25, 0.3) is 0 Å². The molecule has 112 valence electrons. The zero-order valence-corrected chi connectivity index (χ0v) is 11.4. The van der Waals surface area contributed by atoms with Crippen molar-refractivity contribution < 1.29 is 21.6 Å². The summed E-state index contributed by atoms with van der Waals surface area (Å²) in [6, 6.07) is 3.28. The molecule has 1 heterocycles. The molecule has 0 N–H and O–H groups in total. The normalized spacial score (nSPS) is 16.1. The first-order valence-electron chi connectivity index (χ1n) is 6.13. The quantitative estimate of drug-likeness (QED) is 0.872. The highest BCUT2D eigenvalue weighted by Gasteiger charge is 2.32. The predicted molar refractivity (Wildman–Crippen MR) is 66.0 cm³/mol. The van der Waals surface area contributed by atoms with Crippen molar-refractivity contribution >= 4 is 10.0 Å². The van der Waals surface area contributed by atoms with Crippen molar-refractivity contribution in [2.45, 2.75) is 29.8 Å². The summed E-state index contributed by atoms with van der Waals surface area (Å²) in [5.74, 6) is 0.638. The fourth-order valence-corrected chi connectivity index (χ4v) is 2.89. The fraction of sp³-hybridized carbons (Fsp3) is 0.333. The summed E-state index contributed by atoms with van der Waals surface area (Å²) in [4.78, 5) is 3.66. The molecule has 0 spiro atoms. The van der Waals surface area contributed by atoms with E-state index in [-0.39, 0.29) is 10.8 Å². The maximum absolute atomic E-state index is 12.5. The highest BCUT2D eigenvalue weighted by Crippen LogP contribution is 2.38. The van der Waals surface area contributed by atoms with Crippen molar-refractivity contribution in [3.8, 4) is 0 Å². The second-order valence-corrected chi connectivity index (χ2v) is 6.57. The Labute approximate surface area is 118 Å². The Morgan fingerprint density at radius 3 is 2.29 bits per heavy atom. The van der Waals surface area contributed by atoms with Gasteiger partial charge in [0.15, 0.2) is 5.82 Å². The van der Waals surface area contributed by atoms with Crippen LogP contribution in [0.1, 0.15) is 30.1 Å². The molecule has 1 aromatic carbocycles. The predicted octanol–water partition coefficient (Wildman–Crippen LogP) is 2.41. The molecule has 1 saturated carbocycles. The van der Waals surface area contributed by atoms with Gasteiger partial charge in [-0.25, -0.2) is 4.98 Å². The van der Waals surface area contributed by atoms with E-state index in [0.717, 1.165) is 43.4 Å². The van der Waals surface area contributed by atoms with Crippen molar-refractivity contribution in [2.24, 2.45) is 0 Å². The van der Waals surface area contributed by atoms with E-state index in [9.17, 15) is 21.6 Å². The molecule has 0 atom stereocenters. The minimum atomic E-state index is -4.51. The van der Waals surface area contributed by atoms with Gasteiger partial charge in [0.1, 0.15) is 6.33 Å². The number of halogens is 3. The summed E-state index contributed by atoms with van der Waals surface area (Å²) in [5.41, 5.74) is -0.904. The first-order chi connectivity index (χ1) is 9.78. The summed E-state index contributed by atoms with van der Waals surface area (Å²) in [7, 11) is -4.01. The number of hydrogen-bond donors (Lipinski definition) is 0. The van der Waals surface area contributed by atoms with E-state index in [1.807, 2.05) is 0 Å². The van der Waals surface area contributed by atoms with Crippen LogP contribution in [-0.4, -0.2) is 22.6 Å². The molecule has 3 rings (SSSR count). The lowest BCUT2D eigenvalue weighted by atomic mass is 10.2. The Morgan fingerprint density at radius 1 is 1.14 bits per heavy atom. The Bertz CT molecular complexity index is 762. The molecule has 2 aromatic rings. The molecule has 0 unspecified atom stereocenters. The van der Waals surface area contributed by atoms with Gasteiger partial charge in [-0.15, -0.1) is 9.19 Å². The van der Waals surface area contributed by atoms with Crippen LogP contribution in [0.4, 0.5) is 13.2 Å². The van der Waals surface area contributed by atoms with Gasteiger partial charge >= 0.3 is 6.18 Å². The van der Waals surface area contributed by atoms with Crippen LogP contribution in [0.5, 0.6) is 0 Å². The average molecular weight is 317 g/mol. The number of benzene rings is 1. The summed E-state index contributed by atoms with van der Waals surface area (Å²) in [5, 5.41) is 3.89. The van der Waals surface area contributed by atoms with Gasteiger partial charge in [-0.1, -0.05) is 0 Å². The van der Waals surface area contributed by atoms with E-state index >= 15 is 0 Å². The molecule has 1 aliphatic rings. The van der Waals surface area contributed by atoms with Gasteiger partial charge in [0, 0.05) is 5.92 Å². The molecule has 0 amide bonds.